The monoisotopic (exact) mass is 306 g/mol. The van der Waals surface area contributed by atoms with E-state index < -0.39 is 0 Å². The zero-order valence-electron chi connectivity index (χ0n) is 12.6. The van der Waals surface area contributed by atoms with E-state index in [0.29, 0.717) is 28.3 Å². The molecule has 5 nitrogen and oxygen atoms in total. The zero-order valence-corrected chi connectivity index (χ0v) is 13.3. The Morgan fingerprint density at radius 3 is 2.57 bits per heavy atom. The lowest BCUT2D eigenvalue weighted by atomic mass is 10.2. The van der Waals surface area contributed by atoms with Crippen LogP contribution >= 0.6 is 11.6 Å². The lowest BCUT2D eigenvalue weighted by molar-refractivity contribution is 0.450. The topological polar surface area (TPSA) is 73.1 Å². The maximum absolute atomic E-state index is 6.02. The second kappa shape index (κ2) is 6.28. The maximum atomic E-state index is 6.02. The molecule has 2 rings (SSSR count). The number of aryl methyl sites for hydroxylation is 1. The van der Waals surface area contributed by atoms with E-state index in [-0.39, 0.29) is 5.92 Å². The summed E-state index contributed by atoms with van der Waals surface area (Å²) in [6, 6.07) is 5.49. The van der Waals surface area contributed by atoms with E-state index in [1.54, 1.807) is 6.07 Å². The fraction of sp³-hybridized carbons (Fsp3) is 0.333. The predicted octanol–water partition coefficient (Wildman–Crippen LogP) is 3.95. The van der Waals surface area contributed by atoms with Gasteiger partial charge in [0.05, 0.1) is 5.56 Å². The summed E-state index contributed by atoms with van der Waals surface area (Å²) in [5.41, 5.74) is 4.31. The lowest BCUT2D eigenvalue weighted by Gasteiger charge is -2.15. The summed E-state index contributed by atoms with van der Waals surface area (Å²) in [7, 11) is 0. The first-order valence-corrected chi connectivity index (χ1v) is 7.09. The Balaban J connectivity index is 2.47. The van der Waals surface area contributed by atoms with E-state index in [2.05, 4.69) is 15.4 Å². The Kier molecular flexibility index (Phi) is 4.65. The summed E-state index contributed by atoms with van der Waals surface area (Å²) in [6.45, 7) is 7.83. The first-order chi connectivity index (χ1) is 9.92. The number of hydrogen-bond acceptors (Lipinski definition) is 5. The van der Waals surface area contributed by atoms with E-state index in [4.69, 9.17) is 22.2 Å². The van der Waals surface area contributed by atoms with Gasteiger partial charge in [-0.1, -0.05) is 31.5 Å². The summed E-state index contributed by atoms with van der Waals surface area (Å²) in [4.78, 5) is 8.85. The number of nitrogens with one attached hydrogen (secondary N) is 1. The summed E-state index contributed by atoms with van der Waals surface area (Å²) in [5, 5.41) is 0.614. The van der Waals surface area contributed by atoms with Crippen molar-refractivity contribution >= 4 is 17.4 Å². The molecule has 112 valence electrons. The number of nitrogen functional groups attached to an aromatic ring is 1. The molecule has 2 aromatic rings. The predicted molar refractivity (Wildman–Crippen MR) is 84.9 cm³/mol. The summed E-state index contributed by atoms with van der Waals surface area (Å²) in [5.74, 6) is 8.06. The number of anilines is 1. The van der Waals surface area contributed by atoms with Crippen molar-refractivity contribution in [2.75, 3.05) is 5.43 Å². The van der Waals surface area contributed by atoms with Gasteiger partial charge in [0.15, 0.2) is 5.82 Å². The van der Waals surface area contributed by atoms with Crippen LogP contribution in [0.15, 0.2) is 18.2 Å². The number of hydrazine groups is 1. The zero-order chi connectivity index (χ0) is 15.6. The number of rotatable bonds is 4. The third-order valence-electron chi connectivity index (χ3n) is 3.13. The van der Waals surface area contributed by atoms with Gasteiger partial charge in [0.2, 0.25) is 5.88 Å². The van der Waals surface area contributed by atoms with Crippen molar-refractivity contribution in [2.45, 2.75) is 33.6 Å². The van der Waals surface area contributed by atoms with Gasteiger partial charge in [-0.05, 0) is 31.5 Å². The Morgan fingerprint density at radius 1 is 1.24 bits per heavy atom. The molecule has 0 radical (unpaired) electrons. The number of halogens is 1. The Morgan fingerprint density at radius 2 is 1.95 bits per heavy atom. The lowest BCUT2D eigenvalue weighted by Crippen LogP contribution is -2.13. The Hall–Kier alpha value is -1.85. The number of benzene rings is 1. The van der Waals surface area contributed by atoms with Gasteiger partial charge in [0.1, 0.15) is 11.6 Å². The molecule has 1 aromatic carbocycles. The minimum absolute atomic E-state index is 0.167. The average molecular weight is 307 g/mol. The minimum Gasteiger partial charge on any atom is -0.438 e. The highest BCUT2D eigenvalue weighted by Crippen LogP contribution is 2.31. The van der Waals surface area contributed by atoms with Crippen LogP contribution in [-0.2, 0) is 0 Å². The van der Waals surface area contributed by atoms with Crippen LogP contribution in [0.4, 0.5) is 5.82 Å². The molecule has 0 saturated carbocycles. The molecule has 0 aliphatic carbocycles. The highest BCUT2D eigenvalue weighted by Gasteiger charge is 2.15. The Bertz CT molecular complexity index is 658. The summed E-state index contributed by atoms with van der Waals surface area (Å²) >= 11 is 6.02. The number of nitrogens with two attached hydrogens (primary N) is 1. The molecule has 0 amide bonds. The number of nitrogens with zero attached hydrogens (tertiary/aromatic N) is 2. The van der Waals surface area contributed by atoms with Gasteiger partial charge >= 0.3 is 0 Å². The smallest absolute Gasteiger partial charge is 0.227 e. The normalized spacial score (nSPS) is 10.8. The SMILES string of the molecule is Cc1ccc(Cl)cc1Oc1nc(C(C)C)nc(NN)c1C. The first-order valence-electron chi connectivity index (χ1n) is 6.71. The maximum Gasteiger partial charge on any atom is 0.227 e. The van der Waals surface area contributed by atoms with Gasteiger partial charge in [0.25, 0.3) is 0 Å². The second-order valence-electron chi connectivity index (χ2n) is 5.17. The van der Waals surface area contributed by atoms with Crippen LogP contribution in [0, 0.1) is 13.8 Å². The highest BCUT2D eigenvalue weighted by atomic mass is 35.5. The molecule has 0 unspecified atom stereocenters. The van der Waals surface area contributed by atoms with Crippen molar-refractivity contribution in [3.8, 4) is 11.6 Å². The van der Waals surface area contributed by atoms with Crippen molar-refractivity contribution in [1.82, 2.24) is 9.97 Å². The van der Waals surface area contributed by atoms with Crippen molar-refractivity contribution in [3.05, 3.63) is 40.2 Å². The van der Waals surface area contributed by atoms with Crippen LogP contribution in [0.3, 0.4) is 0 Å². The standard InChI is InChI=1S/C15H19ClN4O/c1-8(2)13-18-14(20-17)10(4)15(19-13)21-12-7-11(16)6-5-9(12)3/h5-8H,17H2,1-4H3,(H,18,19,20). The van der Waals surface area contributed by atoms with Crippen LogP contribution in [0.2, 0.25) is 5.02 Å². The molecule has 0 aliphatic heterocycles. The molecule has 0 atom stereocenters. The van der Waals surface area contributed by atoms with Crippen LogP contribution in [-0.4, -0.2) is 9.97 Å². The molecule has 3 N–H and O–H groups in total. The largest absolute Gasteiger partial charge is 0.438 e. The first kappa shape index (κ1) is 15.5. The third-order valence-corrected chi connectivity index (χ3v) is 3.36. The molecule has 0 bridgehead atoms. The molecule has 0 saturated heterocycles. The molecule has 0 spiro atoms. The van der Waals surface area contributed by atoms with Crippen molar-refractivity contribution < 1.29 is 4.74 Å². The second-order valence-corrected chi connectivity index (χ2v) is 5.61. The van der Waals surface area contributed by atoms with E-state index in [0.717, 1.165) is 11.1 Å². The molecule has 6 heteroatoms. The van der Waals surface area contributed by atoms with Crippen LogP contribution in [0.5, 0.6) is 11.6 Å². The molecule has 1 heterocycles. The van der Waals surface area contributed by atoms with E-state index >= 15 is 0 Å². The highest BCUT2D eigenvalue weighted by molar-refractivity contribution is 6.30. The van der Waals surface area contributed by atoms with Crippen LogP contribution in [0.25, 0.3) is 0 Å². The van der Waals surface area contributed by atoms with Gasteiger partial charge in [-0.25, -0.2) is 10.8 Å². The summed E-state index contributed by atoms with van der Waals surface area (Å²) in [6.07, 6.45) is 0. The van der Waals surface area contributed by atoms with Crippen molar-refractivity contribution in [3.63, 3.8) is 0 Å². The Labute approximate surface area is 129 Å². The number of hydrogen-bond donors (Lipinski definition) is 2. The molecule has 0 fully saturated rings. The van der Waals surface area contributed by atoms with Crippen LogP contribution in [0.1, 0.15) is 36.7 Å². The van der Waals surface area contributed by atoms with E-state index in [1.807, 2.05) is 39.8 Å². The van der Waals surface area contributed by atoms with Gasteiger partial charge in [-0.2, -0.15) is 4.98 Å². The van der Waals surface area contributed by atoms with Gasteiger partial charge < -0.3 is 10.2 Å². The van der Waals surface area contributed by atoms with Gasteiger partial charge in [-0.15, -0.1) is 0 Å². The van der Waals surface area contributed by atoms with Crippen molar-refractivity contribution in [2.24, 2.45) is 5.84 Å². The molecule has 21 heavy (non-hydrogen) atoms. The van der Waals surface area contributed by atoms with Crippen molar-refractivity contribution in [1.29, 1.82) is 0 Å². The summed E-state index contributed by atoms with van der Waals surface area (Å²) < 4.78 is 5.92. The van der Waals surface area contributed by atoms with E-state index in [9.17, 15) is 0 Å². The van der Waals surface area contributed by atoms with Gasteiger partial charge in [0, 0.05) is 10.9 Å². The third kappa shape index (κ3) is 3.43. The molecular formula is C15H19ClN4O. The average Bonchev–Trinajstić information content (AvgIpc) is 2.44. The van der Waals surface area contributed by atoms with E-state index in [1.165, 1.54) is 0 Å². The minimum atomic E-state index is 0.167. The number of ether oxygens (including phenoxy) is 1. The van der Waals surface area contributed by atoms with Crippen LogP contribution < -0.4 is 16.0 Å². The quantitative estimate of drug-likeness (QED) is 0.661. The molecule has 0 aliphatic rings. The number of aromatic nitrogens is 2. The van der Waals surface area contributed by atoms with Gasteiger partial charge in [-0.3, -0.25) is 0 Å². The fourth-order valence-electron chi connectivity index (χ4n) is 1.80. The molecule has 1 aromatic heterocycles. The fourth-order valence-corrected chi connectivity index (χ4v) is 1.96. The molecular weight excluding hydrogens is 288 g/mol.